The first-order valence-electron chi connectivity index (χ1n) is 7.66. The van der Waals surface area contributed by atoms with Crippen molar-refractivity contribution in [1.82, 2.24) is 9.97 Å². The second-order valence-electron chi connectivity index (χ2n) is 5.34. The van der Waals surface area contributed by atoms with Gasteiger partial charge in [0, 0.05) is 43.6 Å². The van der Waals surface area contributed by atoms with Crippen molar-refractivity contribution in [2.75, 3.05) is 17.3 Å². The van der Waals surface area contributed by atoms with Gasteiger partial charge in [0.2, 0.25) is 0 Å². The molecule has 0 unspecified atom stereocenters. The molecule has 0 bridgehead atoms. The van der Waals surface area contributed by atoms with Crippen molar-refractivity contribution >= 4 is 17.3 Å². The van der Waals surface area contributed by atoms with Gasteiger partial charge in [-0.05, 0) is 35.9 Å². The predicted octanol–water partition coefficient (Wildman–Crippen LogP) is 3.37. The van der Waals surface area contributed by atoms with E-state index in [1.807, 2.05) is 54.7 Å². The number of benzene rings is 1. The van der Waals surface area contributed by atoms with Crippen molar-refractivity contribution in [3.05, 3.63) is 84.4 Å². The summed E-state index contributed by atoms with van der Waals surface area (Å²) in [4.78, 5) is 22.5. The Kier molecular flexibility index (Phi) is 4.81. The highest BCUT2D eigenvalue weighted by Crippen LogP contribution is 2.16. The number of pyridine rings is 2. The van der Waals surface area contributed by atoms with Gasteiger partial charge in [-0.25, -0.2) is 0 Å². The van der Waals surface area contributed by atoms with Crippen molar-refractivity contribution in [2.24, 2.45) is 0 Å². The molecule has 24 heavy (non-hydrogen) atoms. The quantitative estimate of drug-likeness (QED) is 0.783. The van der Waals surface area contributed by atoms with Gasteiger partial charge in [0.25, 0.3) is 5.91 Å². The van der Waals surface area contributed by atoms with Crippen LogP contribution in [0.4, 0.5) is 11.4 Å². The molecule has 5 nitrogen and oxygen atoms in total. The van der Waals surface area contributed by atoms with E-state index in [-0.39, 0.29) is 5.91 Å². The molecule has 120 valence electrons. The lowest BCUT2D eigenvalue weighted by molar-refractivity contribution is 0.0988. The van der Waals surface area contributed by atoms with Crippen molar-refractivity contribution < 1.29 is 4.79 Å². The fourth-order valence-corrected chi connectivity index (χ4v) is 2.30. The molecule has 0 aliphatic rings. The summed E-state index contributed by atoms with van der Waals surface area (Å²) in [5.74, 6) is -0.147. The second kappa shape index (κ2) is 7.37. The second-order valence-corrected chi connectivity index (χ2v) is 5.34. The van der Waals surface area contributed by atoms with Gasteiger partial charge in [0.15, 0.2) is 0 Å². The molecule has 0 saturated heterocycles. The minimum Gasteiger partial charge on any atom is -0.381 e. The minimum atomic E-state index is -0.147. The number of anilines is 2. The first kappa shape index (κ1) is 15.7. The first-order chi connectivity index (χ1) is 11.7. The molecular weight excluding hydrogens is 300 g/mol. The van der Waals surface area contributed by atoms with E-state index in [1.54, 1.807) is 30.4 Å². The zero-order valence-corrected chi connectivity index (χ0v) is 13.4. The number of hydrogen-bond donors (Lipinski definition) is 1. The molecule has 0 saturated carbocycles. The standard InChI is InChI=1S/C19H18N4O/c1-23(17-7-3-2-4-8-17)19(24)18-12-16(9-11-21-18)22-14-15-6-5-10-20-13-15/h2-13H,14H2,1H3,(H,21,22). The molecule has 3 rings (SSSR count). The summed E-state index contributed by atoms with van der Waals surface area (Å²) in [5, 5.41) is 3.28. The Morgan fingerprint density at radius 1 is 1.08 bits per heavy atom. The lowest BCUT2D eigenvalue weighted by Crippen LogP contribution is -2.27. The van der Waals surface area contributed by atoms with Crippen LogP contribution in [0.15, 0.2) is 73.2 Å². The van der Waals surface area contributed by atoms with Crippen LogP contribution in [0.5, 0.6) is 0 Å². The minimum absolute atomic E-state index is 0.147. The van der Waals surface area contributed by atoms with Crippen LogP contribution in [0, 0.1) is 0 Å². The van der Waals surface area contributed by atoms with Gasteiger partial charge in [0.1, 0.15) is 5.69 Å². The van der Waals surface area contributed by atoms with Crippen molar-refractivity contribution in [1.29, 1.82) is 0 Å². The number of aromatic nitrogens is 2. The maximum atomic E-state index is 12.6. The summed E-state index contributed by atoms with van der Waals surface area (Å²) < 4.78 is 0. The van der Waals surface area contributed by atoms with Gasteiger partial charge in [0.05, 0.1) is 0 Å². The van der Waals surface area contributed by atoms with E-state index >= 15 is 0 Å². The molecule has 2 heterocycles. The Morgan fingerprint density at radius 2 is 1.92 bits per heavy atom. The lowest BCUT2D eigenvalue weighted by atomic mass is 10.2. The van der Waals surface area contributed by atoms with Gasteiger partial charge in [-0.15, -0.1) is 0 Å². The van der Waals surface area contributed by atoms with Crippen LogP contribution in [0.2, 0.25) is 0 Å². The van der Waals surface area contributed by atoms with Crippen LogP contribution < -0.4 is 10.2 Å². The van der Waals surface area contributed by atoms with E-state index in [9.17, 15) is 4.79 Å². The molecule has 0 atom stereocenters. The van der Waals surface area contributed by atoms with Crippen LogP contribution in [-0.4, -0.2) is 22.9 Å². The average Bonchev–Trinajstić information content (AvgIpc) is 2.67. The number of amides is 1. The summed E-state index contributed by atoms with van der Waals surface area (Å²) >= 11 is 0. The third-order valence-electron chi connectivity index (χ3n) is 3.65. The molecular formula is C19H18N4O. The molecule has 0 aliphatic carbocycles. The Hall–Kier alpha value is -3.21. The molecule has 5 heteroatoms. The highest BCUT2D eigenvalue weighted by molar-refractivity contribution is 6.04. The largest absolute Gasteiger partial charge is 0.381 e. The average molecular weight is 318 g/mol. The normalized spacial score (nSPS) is 10.2. The van der Waals surface area contributed by atoms with Crippen LogP contribution in [0.3, 0.4) is 0 Å². The number of nitrogens with zero attached hydrogens (tertiary/aromatic N) is 3. The van der Waals surface area contributed by atoms with Crippen LogP contribution in [0.25, 0.3) is 0 Å². The Morgan fingerprint density at radius 3 is 2.67 bits per heavy atom. The number of carbonyl (C=O) groups is 1. The third kappa shape index (κ3) is 3.76. The molecule has 3 aromatic rings. The summed E-state index contributed by atoms with van der Waals surface area (Å²) in [5.41, 5.74) is 3.15. The molecule has 2 aromatic heterocycles. The number of carbonyl (C=O) groups excluding carboxylic acids is 1. The summed E-state index contributed by atoms with van der Waals surface area (Å²) in [6, 6.07) is 17.0. The molecule has 0 fully saturated rings. The maximum Gasteiger partial charge on any atom is 0.276 e. The molecule has 1 aromatic carbocycles. The first-order valence-corrected chi connectivity index (χ1v) is 7.66. The molecule has 1 amide bonds. The summed E-state index contributed by atoms with van der Waals surface area (Å²) in [6.45, 7) is 0.639. The van der Waals surface area contributed by atoms with E-state index in [0.29, 0.717) is 12.2 Å². The molecule has 0 radical (unpaired) electrons. The molecule has 0 spiro atoms. The summed E-state index contributed by atoms with van der Waals surface area (Å²) in [7, 11) is 1.75. The fraction of sp³-hybridized carbons (Fsp3) is 0.105. The highest BCUT2D eigenvalue weighted by Gasteiger charge is 2.14. The Balaban J connectivity index is 1.71. The van der Waals surface area contributed by atoms with E-state index in [0.717, 1.165) is 16.9 Å². The zero-order valence-electron chi connectivity index (χ0n) is 13.4. The van der Waals surface area contributed by atoms with Crippen LogP contribution in [-0.2, 0) is 6.54 Å². The Labute approximate surface area is 141 Å². The molecule has 0 aliphatic heterocycles. The fourth-order valence-electron chi connectivity index (χ4n) is 2.30. The van der Waals surface area contributed by atoms with Crippen molar-refractivity contribution in [3.63, 3.8) is 0 Å². The smallest absolute Gasteiger partial charge is 0.276 e. The van der Waals surface area contributed by atoms with Gasteiger partial charge in [-0.1, -0.05) is 24.3 Å². The maximum absolute atomic E-state index is 12.6. The third-order valence-corrected chi connectivity index (χ3v) is 3.65. The van der Waals surface area contributed by atoms with Gasteiger partial charge < -0.3 is 10.2 Å². The topological polar surface area (TPSA) is 58.1 Å². The van der Waals surface area contributed by atoms with E-state index in [2.05, 4.69) is 15.3 Å². The van der Waals surface area contributed by atoms with E-state index in [1.165, 1.54) is 0 Å². The van der Waals surface area contributed by atoms with E-state index < -0.39 is 0 Å². The SMILES string of the molecule is CN(C(=O)c1cc(NCc2cccnc2)ccn1)c1ccccc1. The van der Waals surface area contributed by atoms with Gasteiger partial charge in [-0.2, -0.15) is 0 Å². The number of rotatable bonds is 5. The van der Waals surface area contributed by atoms with Crippen molar-refractivity contribution in [3.8, 4) is 0 Å². The molecule has 1 N–H and O–H groups in total. The number of nitrogens with one attached hydrogen (secondary N) is 1. The predicted molar refractivity (Wildman–Crippen MR) is 95.0 cm³/mol. The highest BCUT2D eigenvalue weighted by atomic mass is 16.2. The zero-order chi connectivity index (χ0) is 16.8. The van der Waals surface area contributed by atoms with Crippen molar-refractivity contribution in [2.45, 2.75) is 6.54 Å². The van der Waals surface area contributed by atoms with Gasteiger partial charge >= 0.3 is 0 Å². The van der Waals surface area contributed by atoms with Crippen LogP contribution >= 0.6 is 0 Å². The number of para-hydroxylation sites is 1. The lowest BCUT2D eigenvalue weighted by Gasteiger charge is -2.17. The van der Waals surface area contributed by atoms with Crippen LogP contribution in [0.1, 0.15) is 16.1 Å². The number of hydrogen-bond acceptors (Lipinski definition) is 4. The van der Waals surface area contributed by atoms with E-state index in [4.69, 9.17) is 0 Å². The summed E-state index contributed by atoms with van der Waals surface area (Å²) in [6.07, 6.45) is 5.19. The monoisotopic (exact) mass is 318 g/mol. The van der Waals surface area contributed by atoms with Gasteiger partial charge in [-0.3, -0.25) is 14.8 Å². The Bertz CT molecular complexity index is 806.